The summed E-state index contributed by atoms with van der Waals surface area (Å²) in [6.45, 7) is 1.54. The van der Waals surface area contributed by atoms with Gasteiger partial charge >= 0.3 is 0 Å². The third-order valence-electron chi connectivity index (χ3n) is 4.61. The highest BCUT2D eigenvalue weighted by atomic mass is 35.5. The minimum atomic E-state index is -0.827. The molecular weight excluding hydrogens is 350 g/mol. The standard InChI is InChI=1S/C18H17ClF2N2O2/c19-15-11-14(23(24)25)2-4-18(15)22-7-5-12(6-8-22)9-13-1-3-16(20)17(21)10-13/h1-4,10-12H,5-9H2. The molecule has 0 amide bonds. The number of hydrogen-bond acceptors (Lipinski definition) is 3. The summed E-state index contributed by atoms with van der Waals surface area (Å²) in [7, 11) is 0. The Labute approximate surface area is 149 Å². The number of nitrogens with zero attached hydrogens (tertiary/aromatic N) is 2. The number of rotatable bonds is 4. The van der Waals surface area contributed by atoms with E-state index in [0.717, 1.165) is 43.2 Å². The Bertz CT molecular complexity index is 793. The topological polar surface area (TPSA) is 46.4 Å². The van der Waals surface area contributed by atoms with Crippen molar-refractivity contribution in [1.29, 1.82) is 0 Å². The second-order valence-corrected chi connectivity index (χ2v) is 6.68. The van der Waals surface area contributed by atoms with Gasteiger partial charge in [-0.1, -0.05) is 17.7 Å². The van der Waals surface area contributed by atoms with E-state index in [1.54, 1.807) is 12.1 Å². The zero-order chi connectivity index (χ0) is 18.0. The highest BCUT2D eigenvalue weighted by Gasteiger charge is 2.22. The number of nitro groups is 1. The Balaban J connectivity index is 1.62. The molecule has 0 radical (unpaired) electrons. The van der Waals surface area contributed by atoms with E-state index < -0.39 is 16.6 Å². The predicted octanol–water partition coefficient (Wildman–Crippen LogP) is 4.99. The molecular formula is C18H17ClF2N2O2. The van der Waals surface area contributed by atoms with Gasteiger partial charge in [-0.15, -0.1) is 0 Å². The smallest absolute Gasteiger partial charge is 0.271 e. The monoisotopic (exact) mass is 366 g/mol. The zero-order valence-electron chi connectivity index (χ0n) is 13.4. The average Bonchev–Trinajstić information content (AvgIpc) is 2.59. The van der Waals surface area contributed by atoms with Gasteiger partial charge in [0.15, 0.2) is 11.6 Å². The molecule has 4 nitrogen and oxygen atoms in total. The first-order valence-corrected chi connectivity index (χ1v) is 8.44. The fraction of sp³-hybridized carbons (Fsp3) is 0.333. The molecule has 0 N–H and O–H groups in total. The second kappa shape index (κ2) is 7.35. The minimum absolute atomic E-state index is 0.0260. The Morgan fingerprint density at radius 3 is 2.44 bits per heavy atom. The Hall–Kier alpha value is -2.21. The number of nitro benzene ring substituents is 1. The van der Waals surface area contributed by atoms with Gasteiger partial charge in [0.1, 0.15) is 0 Å². The molecule has 1 heterocycles. The minimum Gasteiger partial charge on any atom is -0.370 e. The van der Waals surface area contributed by atoms with Crippen LogP contribution in [0.25, 0.3) is 0 Å². The summed E-state index contributed by atoms with van der Waals surface area (Å²) in [5, 5.41) is 11.2. The molecule has 0 saturated carbocycles. The first-order valence-electron chi connectivity index (χ1n) is 8.07. The van der Waals surface area contributed by atoms with E-state index in [-0.39, 0.29) is 5.69 Å². The molecule has 0 spiro atoms. The lowest BCUT2D eigenvalue weighted by atomic mass is 9.90. The van der Waals surface area contributed by atoms with Crippen molar-refractivity contribution in [3.8, 4) is 0 Å². The van der Waals surface area contributed by atoms with E-state index in [1.165, 1.54) is 18.2 Å². The van der Waals surface area contributed by atoms with E-state index in [9.17, 15) is 18.9 Å². The molecule has 25 heavy (non-hydrogen) atoms. The van der Waals surface area contributed by atoms with Gasteiger partial charge in [-0.2, -0.15) is 0 Å². The van der Waals surface area contributed by atoms with Crippen LogP contribution in [0.15, 0.2) is 36.4 Å². The first kappa shape index (κ1) is 17.6. The fourth-order valence-electron chi connectivity index (χ4n) is 3.24. The fourth-order valence-corrected chi connectivity index (χ4v) is 3.54. The van der Waals surface area contributed by atoms with Crippen LogP contribution in [-0.4, -0.2) is 18.0 Å². The van der Waals surface area contributed by atoms with Crippen molar-refractivity contribution in [2.75, 3.05) is 18.0 Å². The van der Waals surface area contributed by atoms with E-state index in [1.807, 2.05) is 0 Å². The normalized spacial score (nSPS) is 15.4. The van der Waals surface area contributed by atoms with Gasteiger partial charge in [0.25, 0.3) is 5.69 Å². The van der Waals surface area contributed by atoms with Gasteiger partial charge in [-0.25, -0.2) is 8.78 Å². The van der Waals surface area contributed by atoms with Crippen LogP contribution in [0, 0.1) is 27.7 Å². The van der Waals surface area contributed by atoms with Crippen molar-refractivity contribution in [3.63, 3.8) is 0 Å². The molecule has 2 aromatic rings. The van der Waals surface area contributed by atoms with Gasteiger partial charge in [-0.05, 0) is 48.9 Å². The molecule has 0 aliphatic carbocycles. The van der Waals surface area contributed by atoms with Crippen LogP contribution < -0.4 is 4.90 Å². The maximum Gasteiger partial charge on any atom is 0.271 e. The van der Waals surface area contributed by atoms with Crippen LogP contribution in [-0.2, 0) is 6.42 Å². The molecule has 132 valence electrons. The molecule has 7 heteroatoms. The summed E-state index contributed by atoms with van der Waals surface area (Å²) < 4.78 is 26.3. The molecule has 0 aromatic heterocycles. The van der Waals surface area contributed by atoms with Crippen molar-refractivity contribution in [1.82, 2.24) is 0 Å². The molecule has 0 atom stereocenters. The average molecular weight is 367 g/mol. The number of piperidine rings is 1. The molecule has 1 fully saturated rings. The summed E-state index contributed by atoms with van der Waals surface area (Å²) in [5.74, 6) is -1.25. The molecule has 1 aliphatic rings. The Morgan fingerprint density at radius 1 is 1.12 bits per heavy atom. The first-order chi connectivity index (χ1) is 11.9. The summed E-state index contributed by atoms with van der Waals surface area (Å²) in [6.07, 6.45) is 2.50. The van der Waals surface area contributed by atoms with Crippen molar-refractivity contribution >= 4 is 23.0 Å². The van der Waals surface area contributed by atoms with Crippen molar-refractivity contribution < 1.29 is 13.7 Å². The van der Waals surface area contributed by atoms with Crippen LogP contribution in [0.1, 0.15) is 18.4 Å². The van der Waals surface area contributed by atoms with Gasteiger partial charge in [0.05, 0.1) is 15.6 Å². The van der Waals surface area contributed by atoms with Gasteiger partial charge in [0, 0.05) is 25.2 Å². The van der Waals surface area contributed by atoms with E-state index in [4.69, 9.17) is 11.6 Å². The predicted molar refractivity (Wildman–Crippen MR) is 93.1 cm³/mol. The Morgan fingerprint density at radius 2 is 1.84 bits per heavy atom. The van der Waals surface area contributed by atoms with Crippen LogP contribution in [0.2, 0.25) is 5.02 Å². The zero-order valence-corrected chi connectivity index (χ0v) is 14.2. The highest BCUT2D eigenvalue weighted by Crippen LogP contribution is 2.33. The molecule has 2 aromatic carbocycles. The maximum atomic E-state index is 13.3. The molecule has 0 unspecified atom stereocenters. The summed E-state index contributed by atoms with van der Waals surface area (Å²) in [4.78, 5) is 12.4. The third kappa shape index (κ3) is 4.07. The SMILES string of the molecule is O=[N+]([O-])c1ccc(N2CCC(Cc3ccc(F)c(F)c3)CC2)c(Cl)c1. The number of halogens is 3. The van der Waals surface area contributed by atoms with E-state index in [2.05, 4.69) is 4.90 Å². The van der Waals surface area contributed by atoms with Crippen molar-refractivity contribution in [2.45, 2.75) is 19.3 Å². The van der Waals surface area contributed by atoms with Crippen LogP contribution >= 0.6 is 11.6 Å². The molecule has 1 saturated heterocycles. The molecule has 0 bridgehead atoms. The van der Waals surface area contributed by atoms with Crippen molar-refractivity contribution in [2.24, 2.45) is 5.92 Å². The summed E-state index contributed by atoms with van der Waals surface area (Å²) in [5.41, 5.74) is 1.56. The van der Waals surface area contributed by atoms with E-state index in [0.29, 0.717) is 17.4 Å². The third-order valence-corrected chi connectivity index (χ3v) is 4.91. The van der Waals surface area contributed by atoms with Gasteiger partial charge < -0.3 is 4.90 Å². The summed E-state index contributed by atoms with van der Waals surface area (Å²) >= 11 is 6.18. The van der Waals surface area contributed by atoms with Gasteiger partial charge in [0.2, 0.25) is 0 Å². The lowest BCUT2D eigenvalue weighted by molar-refractivity contribution is -0.384. The summed E-state index contributed by atoms with van der Waals surface area (Å²) in [6, 6.07) is 8.54. The highest BCUT2D eigenvalue weighted by molar-refractivity contribution is 6.33. The maximum absolute atomic E-state index is 13.3. The molecule has 1 aliphatic heterocycles. The van der Waals surface area contributed by atoms with Crippen LogP contribution in [0.3, 0.4) is 0 Å². The quantitative estimate of drug-likeness (QED) is 0.566. The largest absolute Gasteiger partial charge is 0.370 e. The molecule has 3 rings (SSSR count). The van der Waals surface area contributed by atoms with Crippen LogP contribution in [0.4, 0.5) is 20.2 Å². The van der Waals surface area contributed by atoms with E-state index >= 15 is 0 Å². The number of non-ortho nitro benzene ring substituents is 1. The number of anilines is 1. The number of hydrogen-bond donors (Lipinski definition) is 0. The lowest BCUT2D eigenvalue weighted by Gasteiger charge is -2.34. The second-order valence-electron chi connectivity index (χ2n) is 6.28. The van der Waals surface area contributed by atoms with Crippen LogP contribution in [0.5, 0.6) is 0 Å². The number of benzene rings is 2. The Kier molecular flexibility index (Phi) is 5.18. The lowest BCUT2D eigenvalue weighted by Crippen LogP contribution is -2.34. The van der Waals surface area contributed by atoms with Crippen molar-refractivity contribution in [3.05, 3.63) is 68.7 Å². The van der Waals surface area contributed by atoms with Gasteiger partial charge in [-0.3, -0.25) is 10.1 Å².